The Hall–Kier alpha value is -3.55. The molecule has 0 radical (unpaired) electrons. The third-order valence-electron chi connectivity index (χ3n) is 4.17. The van der Waals surface area contributed by atoms with Crippen LogP contribution in [0.5, 0.6) is 5.75 Å². The molecule has 2 aromatic carbocycles. The Bertz CT molecular complexity index is 883. The minimum atomic E-state index is -0.516. The molecule has 0 fully saturated rings. The number of primary amides is 1. The summed E-state index contributed by atoms with van der Waals surface area (Å²) >= 11 is 0. The van der Waals surface area contributed by atoms with Crippen LogP contribution in [0.25, 0.3) is 0 Å². The van der Waals surface area contributed by atoms with Gasteiger partial charge in [-0.3, -0.25) is 9.59 Å². The predicted molar refractivity (Wildman–Crippen MR) is 117 cm³/mol. The molecule has 8 heteroatoms. The molecule has 0 saturated carbocycles. The number of nitrogens with two attached hydrogens (primary N) is 1. The summed E-state index contributed by atoms with van der Waals surface area (Å²) in [5.74, 6) is 0.665. The van der Waals surface area contributed by atoms with Crippen LogP contribution in [0.4, 0.5) is 0 Å². The van der Waals surface area contributed by atoms with Crippen LogP contribution < -0.4 is 26.4 Å². The lowest BCUT2D eigenvalue weighted by molar-refractivity contribution is -0.119. The number of aliphatic imine (C=N–C) groups is 1. The molecule has 160 valence electrons. The van der Waals surface area contributed by atoms with Crippen LogP contribution in [0.2, 0.25) is 0 Å². The topological polar surface area (TPSA) is 118 Å². The van der Waals surface area contributed by atoms with Crippen molar-refractivity contribution >= 4 is 17.8 Å². The number of guanidine groups is 1. The lowest BCUT2D eigenvalue weighted by Gasteiger charge is -2.12. The van der Waals surface area contributed by atoms with Crippen LogP contribution >= 0.6 is 0 Å². The summed E-state index contributed by atoms with van der Waals surface area (Å²) in [6.07, 6.45) is 0.756. The lowest BCUT2D eigenvalue weighted by atomic mass is 10.1. The van der Waals surface area contributed by atoms with E-state index in [0.717, 1.165) is 24.1 Å². The summed E-state index contributed by atoms with van der Waals surface area (Å²) in [6.45, 7) is 3.71. The summed E-state index contributed by atoms with van der Waals surface area (Å²) in [4.78, 5) is 27.2. The van der Waals surface area contributed by atoms with E-state index in [1.165, 1.54) is 0 Å². The van der Waals surface area contributed by atoms with Crippen LogP contribution in [0.15, 0.2) is 53.5 Å². The molecule has 30 heavy (non-hydrogen) atoms. The highest BCUT2D eigenvalue weighted by Crippen LogP contribution is 2.14. The minimum Gasteiger partial charge on any atom is -0.484 e. The quantitative estimate of drug-likeness (QED) is 0.346. The SMILES string of the molecule is CCNC(=NCc1cccc(OCC(N)=O)c1)NCCc1cccc(C(=O)NC)c1. The molecule has 0 unspecified atom stereocenters. The maximum Gasteiger partial charge on any atom is 0.255 e. The zero-order valence-electron chi connectivity index (χ0n) is 17.4. The fourth-order valence-corrected chi connectivity index (χ4v) is 2.74. The number of nitrogens with one attached hydrogen (secondary N) is 3. The molecular weight excluding hydrogens is 382 g/mol. The molecule has 5 N–H and O–H groups in total. The van der Waals surface area contributed by atoms with Gasteiger partial charge in [0.15, 0.2) is 12.6 Å². The molecule has 8 nitrogen and oxygen atoms in total. The first kappa shape index (κ1) is 22.7. The first-order chi connectivity index (χ1) is 14.5. The number of amides is 2. The van der Waals surface area contributed by atoms with Gasteiger partial charge in [0.05, 0.1) is 6.54 Å². The molecule has 0 heterocycles. The molecule has 0 spiro atoms. The van der Waals surface area contributed by atoms with Gasteiger partial charge in [0.2, 0.25) is 0 Å². The monoisotopic (exact) mass is 411 g/mol. The van der Waals surface area contributed by atoms with E-state index in [1.807, 2.05) is 43.3 Å². The first-order valence-corrected chi connectivity index (χ1v) is 9.85. The Kier molecular flexibility index (Phi) is 9.18. The van der Waals surface area contributed by atoms with Gasteiger partial charge < -0.3 is 26.4 Å². The van der Waals surface area contributed by atoms with Crippen LogP contribution in [-0.4, -0.2) is 44.5 Å². The average Bonchev–Trinajstić information content (AvgIpc) is 2.76. The second-order valence-corrected chi connectivity index (χ2v) is 6.55. The zero-order chi connectivity index (χ0) is 21.8. The molecule has 0 atom stereocenters. The summed E-state index contributed by atoms with van der Waals surface area (Å²) < 4.78 is 5.33. The fraction of sp³-hybridized carbons (Fsp3) is 0.318. The number of benzene rings is 2. The van der Waals surface area contributed by atoms with E-state index in [-0.39, 0.29) is 12.5 Å². The van der Waals surface area contributed by atoms with E-state index < -0.39 is 5.91 Å². The summed E-state index contributed by atoms with van der Waals surface area (Å²) in [6, 6.07) is 15.0. The molecular formula is C22H29N5O3. The number of carbonyl (C=O) groups is 2. The van der Waals surface area contributed by atoms with Crippen molar-refractivity contribution in [2.45, 2.75) is 19.9 Å². The van der Waals surface area contributed by atoms with Crippen molar-refractivity contribution in [1.29, 1.82) is 0 Å². The van der Waals surface area contributed by atoms with Crippen LogP contribution in [0, 0.1) is 0 Å². The number of hydrogen-bond acceptors (Lipinski definition) is 4. The van der Waals surface area contributed by atoms with E-state index in [0.29, 0.717) is 30.4 Å². The standard InChI is InChI=1S/C22H29N5O3/c1-3-25-22(26-11-10-16-6-4-8-18(12-16)21(29)24-2)27-14-17-7-5-9-19(13-17)30-15-20(23)28/h4-9,12-13H,3,10-11,14-15H2,1-2H3,(H2,23,28)(H,24,29)(H2,25,26,27). The van der Waals surface area contributed by atoms with Crippen LogP contribution in [0.1, 0.15) is 28.4 Å². The van der Waals surface area contributed by atoms with Gasteiger partial charge in [0.1, 0.15) is 5.75 Å². The lowest BCUT2D eigenvalue weighted by Crippen LogP contribution is -2.38. The number of nitrogens with zero attached hydrogens (tertiary/aromatic N) is 1. The van der Waals surface area contributed by atoms with Crippen LogP contribution in [-0.2, 0) is 17.8 Å². The van der Waals surface area contributed by atoms with Crippen molar-refractivity contribution < 1.29 is 14.3 Å². The molecule has 0 aliphatic rings. The normalized spacial score (nSPS) is 10.9. The molecule has 2 rings (SSSR count). The van der Waals surface area contributed by atoms with Gasteiger partial charge >= 0.3 is 0 Å². The Morgan fingerprint density at radius 2 is 1.83 bits per heavy atom. The van der Waals surface area contributed by atoms with Crippen molar-refractivity contribution in [2.24, 2.45) is 10.7 Å². The first-order valence-electron chi connectivity index (χ1n) is 9.85. The molecule has 2 aromatic rings. The molecule has 2 amide bonds. The molecule has 0 aliphatic carbocycles. The van der Waals surface area contributed by atoms with Gasteiger partial charge in [-0.1, -0.05) is 24.3 Å². The van der Waals surface area contributed by atoms with E-state index in [1.54, 1.807) is 19.2 Å². The summed E-state index contributed by atoms with van der Waals surface area (Å²) in [5.41, 5.74) is 7.77. The molecule has 0 aliphatic heterocycles. The van der Waals surface area contributed by atoms with Crippen molar-refractivity contribution in [1.82, 2.24) is 16.0 Å². The Morgan fingerprint density at radius 3 is 2.57 bits per heavy atom. The predicted octanol–water partition coefficient (Wildman–Crippen LogP) is 1.21. The van der Waals surface area contributed by atoms with Crippen molar-refractivity contribution in [2.75, 3.05) is 26.7 Å². The Labute approximate surface area is 176 Å². The highest BCUT2D eigenvalue weighted by Gasteiger charge is 2.04. The number of hydrogen-bond donors (Lipinski definition) is 4. The second-order valence-electron chi connectivity index (χ2n) is 6.55. The number of rotatable bonds is 10. The Balaban J connectivity index is 1.92. The minimum absolute atomic E-state index is 0.0956. The molecule has 0 bridgehead atoms. The fourth-order valence-electron chi connectivity index (χ4n) is 2.74. The third-order valence-corrected chi connectivity index (χ3v) is 4.17. The van der Waals surface area contributed by atoms with Gasteiger partial charge in [-0.05, 0) is 48.7 Å². The molecule has 0 saturated heterocycles. The maximum atomic E-state index is 11.8. The van der Waals surface area contributed by atoms with Crippen LogP contribution in [0.3, 0.4) is 0 Å². The zero-order valence-corrected chi connectivity index (χ0v) is 17.4. The van der Waals surface area contributed by atoms with Gasteiger partial charge in [-0.25, -0.2) is 4.99 Å². The van der Waals surface area contributed by atoms with Crippen molar-refractivity contribution in [3.8, 4) is 5.75 Å². The maximum absolute atomic E-state index is 11.8. The number of carbonyl (C=O) groups excluding carboxylic acids is 2. The number of ether oxygens (including phenoxy) is 1. The summed E-state index contributed by atoms with van der Waals surface area (Å²) in [5, 5.41) is 9.15. The van der Waals surface area contributed by atoms with Gasteiger partial charge in [-0.15, -0.1) is 0 Å². The van der Waals surface area contributed by atoms with Crippen molar-refractivity contribution in [3.63, 3.8) is 0 Å². The third kappa shape index (κ3) is 7.83. The average molecular weight is 412 g/mol. The van der Waals surface area contributed by atoms with Crippen molar-refractivity contribution in [3.05, 3.63) is 65.2 Å². The summed E-state index contributed by atoms with van der Waals surface area (Å²) in [7, 11) is 1.62. The van der Waals surface area contributed by atoms with E-state index in [9.17, 15) is 9.59 Å². The van der Waals surface area contributed by atoms with E-state index >= 15 is 0 Å². The van der Waals surface area contributed by atoms with E-state index in [4.69, 9.17) is 10.5 Å². The highest BCUT2D eigenvalue weighted by molar-refractivity contribution is 5.94. The van der Waals surface area contributed by atoms with Gasteiger partial charge in [0.25, 0.3) is 11.8 Å². The highest BCUT2D eigenvalue weighted by atomic mass is 16.5. The van der Waals surface area contributed by atoms with Gasteiger partial charge in [0, 0.05) is 25.7 Å². The smallest absolute Gasteiger partial charge is 0.255 e. The van der Waals surface area contributed by atoms with Gasteiger partial charge in [-0.2, -0.15) is 0 Å². The molecule has 0 aromatic heterocycles. The van der Waals surface area contributed by atoms with E-state index in [2.05, 4.69) is 20.9 Å². The second kappa shape index (κ2) is 12.1. The Morgan fingerprint density at radius 1 is 1.07 bits per heavy atom. The largest absolute Gasteiger partial charge is 0.484 e.